The Bertz CT molecular complexity index is 752. The van der Waals surface area contributed by atoms with E-state index in [1.54, 1.807) is 13.2 Å². The van der Waals surface area contributed by atoms with Crippen molar-refractivity contribution in [3.63, 3.8) is 0 Å². The predicted octanol–water partition coefficient (Wildman–Crippen LogP) is 3.65. The van der Waals surface area contributed by atoms with Gasteiger partial charge in [-0.05, 0) is 31.0 Å². The molecule has 0 spiro atoms. The minimum absolute atomic E-state index is 0.130. The van der Waals surface area contributed by atoms with Gasteiger partial charge in [0.2, 0.25) is 5.95 Å². The highest BCUT2D eigenvalue weighted by molar-refractivity contribution is 6.36. The summed E-state index contributed by atoms with van der Waals surface area (Å²) < 4.78 is 11.1. The molecular weight excluding hydrogens is 363 g/mol. The molecule has 1 aliphatic rings. The molecule has 134 valence electrons. The van der Waals surface area contributed by atoms with Crippen LogP contribution in [0.3, 0.4) is 0 Å². The Kier molecular flexibility index (Phi) is 5.51. The topological polar surface area (TPSA) is 73.5 Å². The van der Waals surface area contributed by atoms with Crippen LogP contribution in [0.1, 0.15) is 23.7 Å². The molecule has 0 amide bonds. The Hall–Kier alpha value is -1.76. The smallest absolute Gasteiger partial charge is 0.222 e. The number of methoxy groups -OCH3 is 1. The molecular formula is C17H20Cl2N4O2. The minimum Gasteiger partial charge on any atom is -0.495 e. The van der Waals surface area contributed by atoms with Gasteiger partial charge in [0.05, 0.1) is 24.8 Å². The summed E-state index contributed by atoms with van der Waals surface area (Å²) in [5, 5.41) is 1.03. The average Bonchev–Trinajstić information content (AvgIpc) is 2.80. The first-order valence-corrected chi connectivity index (χ1v) is 8.73. The van der Waals surface area contributed by atoms with Crippen LogP contribution in [0.2, 0.25) is 10.0 Å². The number of halogens is 2. The molecule has 2 heterocycles. The molecule has 0 bridgehead atoms. The molecule has 8 heteroatoms. The summed E-state index contributed by atoms with van der Waals surface area (Å²) >= 11 is 12.7. The Morgan fingerprint density at radius 3 is 2.76 bits per heavy atom. The van der Waals surface area contributed by atoms with Gasteiger partial charge in [-0.3, -0.25) is 0 Å². The number of ether oxygens (including phenoxy) is 2. The van der Waals surface area contributed by atoms with Crippen molar-refractivity contribution in [2.75, 3.05) is 37.5 Å². The zero-order valence-electron chi connectivity index (χ0n) is 14.1. The van der Waals surface area contributed by atoms with Crippen LogP contribution in [0.5, 0.6) is 5.75 Å². The van der Waals surface area contributed by atoms with Crippen LogP contribution in [0.25, 0.3) is 0 Å². The molecule has 1 atom stereocenters. The van der Waals surface area contributed by atoms with Crippen LogP contribution < -0.4 is 15.4 Å². The van der Waals surface area contributed by atoms with Gasteiger partial charge < -0.3 is 20.1 Å². The molecule has 6 nitrogen and oxygen atoms in total. The van der Waals surface area contributed by atoms with Gasteiger partial charge >= 0.3 is 0 Å². The number of anilines is 2. The Morgan fingerprint density at radius 1 is 1.24 bits per heavy atom. The Morgan fingerprint density at radius 2 is 2.04 bits per heavy atom. The van der Waals surface area contributed by atoms with Crippen molar-refractivity contribution in [1.29, 1.82) is 0 Å². The molecule has 0 aliphatic carbocycles. The van der Waals surface area contributed by atoms with Crippen LogP contribution >= 0.6 is 23.2 Å². The third kappa shape index (κ3) is 3.92. The second-order valence-electron chi connectivity index (χ2n) is 5.87. The van der Waals surface area contributed by atoms with Gasteiger partial charge in [0.15, 0.2) is 0 Å². The molecule has 1 aromatic carbocycles. The van der Waals surface area contributed by atoms with Crippen LogP contribution in [0.15, 0.2) is 18.2 Å². The molecule has 2 N–H and O–H groups in total. The van der Waals surface area contributed by atoms with Crippen LogP contribution in [0, 0.1) is 6.92 Å². The Balaban J connectivity index is 2.07. The fraction of sp³-hybridized carbons (Fsp3) is 0.412. The first-order valence-electron chi connectivity index (χ1n) is 7.98. The number of benzene rings is 1. The Labute approximate surface area is 156 Å². The summed E-state index contributed by atoms with van der Waals surface area (Å²) in [6, 6.07) is 5.33. The number of nitrogen functional groups attached to an aromatic ring is 1. The molecule has 1 aliphatic heterocycles. The van der Waals surface area contributed by atoms with Crippen molar-refractivity contribution in [1.82, 2.24) is 9.97 Å². The van der Waals surface area contributed by atoms with E-state index in [4.69, 9.17) is 38.4 Å². The summed E-state index contributed by atoms with van der Waals surface area (Å²) in [6.07, 6.45) is 0.877. The van der Waals surface area contributed by atoms with Gasteiger partial charge in [-0.1, -0.05) is 23.2 Å². The van der Waals surface area contributed by atoms with Crippen LogP contribution in [-0.2, 0) is 4.74 Å². The fourth-order valence-corrected chi connectivity index (χ4v) is 3.57. The maximum absolute atomic E-state index is 6.48. The number of rotatable bonds is 3. The third-order valence-corrected chi connectivity index (χ3v) is 4.74. The molecule has 1 saturated heterocycles. The molecule has 1 fully saturated rings. The SMILES string of the molecule is COc1cc(C2COCCCN2c2cc(C)nc(N)n2)c(Cl)cc1Cl. The number of nitrogens with two attached hydrogens (primary N) is 1. The summed E-state index contributed by atoms with van der Waals surface area (Å²) in [6.45, 7) is 3.81. The second kappa shape index (κ2) is 7.64. The lowest BCUT2D eigenvalue weighted by atomic mass is 10.0. The van der Waals surface area contributed by atoms with E-state index in [9.17, 15) is 0 Å². The maximum atomic E-state index is 6.48. The van der Waals surface area contributed by atoms with E-state index >= 15 is 0 Å². The van der Waals surface area contributed by atoms with Crippen molar-refractivity contribution in [3.05, 3.63) is 39.5 Å². The summed E-state index contributed by atoms with van der Waals surface area (Å²) in [4.78, 5) is 10.7. The highest BCUT2D eigenvalue weighted by Gasteiger charge is 2.28. The number of hydrogen-bond acceptors (Lipinski definition) is 6. The standard InChI is InChI=1S/C17H20Cl2N4O2/c1-10-6-16(22-17(20)21-10)23-4-3-5-25-9-14(23)11-7-15(24-2)13(19)8-12(11)18/h6-8,14H,3-5,9H2,1-2H3,(H2,20,21,22). The van der Waals surface area contributed by atoms with E-state index < -0.39 is 0 Å². The van der Waals surface area contributed by atoms with Gasteiger partial charge in [-0.2, -0.15) is 4.98 Å². The van der Waals surface area contributed by atoms with Crippen LogP contribution in [0.4, 0.5) is 11.8 Å². The second-order valence-corrected chi connectivity index (χ2v) is 6.69. The van der Waals surface area contributed by atoms with E-state index in [0.717, 1.165) is 30.0 Å². The first-order chi connectivity index (χ1) is 12.0. The number of hydrogen-bond donors (Lipinski definition) is 1. The van der Waals surface area contributed by atoms with Gasteiger partial charge in [0.25, 0.3) is 0 Å². The molecule has 0 saturated carbocycles. The zero-order chi connectivity index (χ0) is 18.0. The molecule has 3 rings (SSSR count). The lowest BCUT2D eigenvalue weighted by molar-refractivity contribution is 0.134. The number of nitrogens with zero attached hydrogens (tertiary/aromatic N) is 3. The predicted molar refractivity (Wildman–Crippen MR) is 99.7 cm³/mol. The molecule has 1 aromatic heterocycles. The van der Waals surface area contributed by atoms with Crippen molar-refractivity contribution in [2.24, 2.45) is 0 Å². The van der Waals surface area contributed by atoms with Gasteiger partial charge in [0, 0.05) is 29.9 Å². The van der Waals surface area contributed by atoms with E-state index in [0.29, 0.717) is 29.0 Å². The van der Waals surface area contributed by atoms with E-state index in [1.807, 2.05) is 19.1 Å². The molecule has 2 aromatic rings. The summed E-state index contributed by atoms with van der Waals surface area (Å²) in [7, 11) is 1.58. The summed E-state index contributed by atoms with van der Waals surface area (Å²) in [5.41, 5.74) is 7.53. The van der Waals surface area contributed by atoms with E-state index in [1.165, 1.54) is 0 Å². The first kappa shape index (κ1) is 18.0. The van der Waals surface area contributed by atoms with Crippen molar-refractivity contribution >= 4 is 35.0 Å². The normalized spacial score (nSPS) is 18.1. The van der Waals surface area contributed by atoms with E-state index in [2.05, 4.69) is 14.9 Å². The number of aromatic nitrogens is 2. The fourth-order valence-electron chi connectivity index (χ4n) is 2.99. The summed E-state index contributed by atoms with van der Waals surface area (Å²) in [5.74, 6) is 1.58. The quantitative estimate of drug-likeness (QED) is 0.872. The monoisotopic (exact) mass is 382 g/mol. The largest absolute Gasteiger partial charge is 0.495 e. The molecule has 0 radical (unpaired) electrons. The van der Waals surface area contributed by atoms with Crippen molar-refractivity contribution < 1.29 is 9.47 Å². The van der Waals surface area contributed by atoms with Gasteiger partial charge in [-0.25, -0.2) is 4.98 Å². The minimum atomic E-state index is -0.130. The molecule has 1 unspecified atom stereocenters. The van der Waals surface area contributed by atoms with Gasteiger partial charge in [-0.15, -0.1) is 0 Å². The average molecular weight is 383 g/mol. The lowest BCUT2D eigenvalue weighted by Crippen LogP contribution is -2.32. The van der Waals surface area contributed by atoms with Crippen molar-refractivity contribution in [3.8, 4) is 5.75 Å². The third-order valence-electron chi connectivity index (χ3n) is 4.12. The maximum Gasteiger partial charge on any atom is 0.222 e. The highest BCUT2D eigenvalue weighted by atomic mass is 35.5. The van der Waals surface area contributed by atoms with Crippen molar-refractivity contribution in [2.45, 2.75) is 19.4 Å². The van der Waals surface area contributed by atoms with Crippen LogP contribution in [-0.4, -0.2) is 36.8 Å². The lowest BCUT2D eigenvalue weighted by Gasteiger charge is -2.31. The zero-order valence-corrected chi connectivity index (χ0v) is 15.6. The highest BCUT2D eigenvalue weighted by Crippen LogP contribution is 2.38. The van der Waals surface area contributed by atoms with E-state index in [-0.39, 0.29) is 12.0 Å². The number of aryl methyl sites for hydroxylation is 1. The molecule has 25 heavy (non-hydrogen) atoms. The van der Waals surface area contributed by atoms with Gasteiger partial charge in [0.1, 0.15) is 11.6 Å².